The lowest BCUT2D eigenvalue weighted by Crippen LogP contribution is -2.33. The molecule has 0 saturated carbocycles. The molecule has 1 saturated heterocycles. The number of benzene rings is 1. The normalized spacial score (nSPS) is 18.6. The molecular weight excluding hydrogens is 255 g/mol. The van der Waals surface area contributed by atoms with Gasteiger partial charge in [-0.3, -0.25) is 4.79 Å². The Labute approximate surface area is 113 Å². The van der Waals surface area contributed by atoms with Crippen LogP contribution in [0.4, 0.5) is 4.39 Å². The summed E-state index contributed by atoms with van der Waals surface area (Å²) in [7, 11) is 1.88. The molecule has 0 bridgehead atoms. The highest BCUT2D eigenvalue weighted by atomic mass is 35.5. The third-order valence-electron chi connectivity index (χ3n) is 3.24. The van der Waals surface area contributed by atoms with E-state index in [1.54, 1.807) is 17.0 Å². The van der Waals surface area contributed by atoms with Crippen molar-refractivity contribution in [2.24, 2.45) is 0 Å². The molecule has 1 aromatic carbocycles. The molecule has 1 amide bonds. The third-order valence-corrected chi connectivity index (χ3v) is 3.24. The van der Waals surface area contributed by atoms with Crippen LogP contribution < -0.4 is 5.32 Å². The summed E-state index contributed by atoms with van der Waals surface area (Å²) in [5.41, 5.74) is 1.08. The highest BCUT2D eigenvalue weighted by molar-refractivity contribution is 5.94. The fourth-order valence-electron chi connectivity index (χ4n) is 2.15. The highest BCUT2D eigenvalue weighted by Gasteiger charge is 2.27. The van der Waals surface area contributed by atoms with Crippen LogP contribution in [0.1, 0.15) is 22.3 Å². The van der Waals surface area contributed by atoms with E-state index in [-0.39, 0.29) is 23.9 Å². The van der Waals surface area contributed by atoms with E-state index in [0.29, 0.717) is 19.1 Å². The van der Waals surface area contributed by atoms with E-state index in [1.807, 2.05) is 14.0 Å². The molecule has 0 spiro atoms. The Morgan fingerprint density at radius 3 is 2.83 bits per heavy atom. The fourth-order valence-corrected chi connectivity index (χ4v) is 2.15. The molecule has 1 aromatic rings. The van der Waals surface area contributed by atoms with Crippen molar-refractivity contribution in [1.82, 2.24) is 10.2 Å². The van der Waals surface area contributed by atoms with E-state index in [9.17, 15) is 9.18 Å². The summed E-state index contributed by atoms with van der Waals surface area (Å²) in [6.07, 6.45) is 0.926. The quantitative estimate of drug-likeness (QED) is 0.893. The number of likely N-dealkylation sites (tertiary alicyclic amines) is 1. The van der Waals surface area contributed by atoms with Crippen molar-refractivity contribution in [2.75, 3.05) is 20.1 Å². The number of aryl methyl sites for hydroxylation is 1. The van der Waals surface area contributed by atoms with Crippen molar-refractivity contribution < 1.29 is 9.18 Å². The van der Waals surface area contributed by atoms with Crippen molar-refractivity contribution in [2.45, 2.75) is 19.4 Å². The van der Waals surface area contributed by atoms with E-state index in [4.69, 9.17) is 0 Å². The fraction of sp³-hybridized carbons (Fsp3) is 0.462. The number of hydrogen-bond acceptors (Lipinski definition) is 2. The zero-order valence-corrected chi connectivity index (χ0v) is 11.4. The summed E-state index contributed by atoms with van der Waals surface area (Å²) >= 11 is 0. The zero-order valence-electron chi connectivity index (χ0n) is 10.6. The molecule has 2 rings (SSSR count). The predicted molar refractivity (Wildman–Crippen MR) is 71.8 cm³/mol. The Balaban J connectivity index is 0.00000162. The van der Waals surface area contributed by atoms with Crippen LogP contribution in [0.3, 0.4) is 0 Å². The maximum absolute atomic E-state index is 13.6. The minimum Gasteiger partial charge on any atom is -0.337 e. The summed E-state index contributed by atoms with van der Waals surface area (Å²) in [6.45, 7) is 3.21. The first-order chi connectivity index (χ1) is 8.11. The Kier molecular flexibility index (Phi) is 5.11. The van der Waals surface area contributed by atoms with Gasteiger partial charge in [0.15, 0.2) is 0 Å². The number of hydrogen-bond donors (Lipinski definition) is 1. The average molecular weight is 273 g/mol. The molecule has 1 atom stereocenters. The van der Waals surface area contributed by atoms with Gasteiger partial charge in [0.05, 0.1) is 5.56 Å². The molecule has 3 nitrogen and oxygen atoms in total. The molecule has 1 heterocycles. The Bertz CT molecular complexity index is 439. The molecule has 0 aromatic heterocycles. The van der Waals surface area contributed by atoms with Gasteiger partial charge in [0.1, 0.15) is 5.82 Å². The zero-order chi connectivity index (χ0) is 12.4. The largest absolute Gasteiger partial charge is 0.337 e. The van der Waals surface area contributed by atoms with Crippen LogP contribution in [0.15, 0.2) is 18.2 Å². The van der Waals surface area contributed by atoms with Gasteiger partial charge >= 0.3 is 0 Å². The minimum atomic E-state index is -0.437. The first-order valence-corrected chi connectivity index (χ1v) is 5.84. The van der Waals surface area contributed by atoms with Crippen LogP contribution in [-0.2, 0) is 0 Å². The van der Waals surface area contributed by atoms with Gasteiger partial charge in [-0.05, 0) is 32.5 Å². The number of nitrogens with one attached hydrogen (secondary N) is 1. The highest BCUT2D eigenvalue weighted by Crippen LogP contribution is 2.17. The number of rotatable bonds is 2. The molecule has 100 valence electrons. The van der Waals surface area contributed by atoms with Crippen LogP contribution in [0.5, 0.6) is 0 Å². The molecule has 1 aliphatic rings. The second-order valence-electron chi connectivity index (χ2n) is 4.51. The van der Waals surface area contributed by atoms with E-state index < -0.39 is 5.82 Å². The minimum absolute atomic E-state index is 0. The van der Waals surface area contributed by atoms with E-state index in [2.05, 4.69) is 5.32 Å². The van der Waals surface area contributed by atoms with E-state index in [0.717, 1.165) is 12.0 Å². The molecule has 1 aliphatic heterocycles. The van der Waals surface area contributed by atoms with Gasteiger partial charge < -0.3 is 10.2 Å². The Morgan fingerprint density at radius 1 is 1.50 bits per heavy atom. The monoisotopic (exact) mass is 272 g/mol. The SMILES string of the molecule is CNC1CCN(C(=O)c2cc(C)ccc2F)C1.Cl. The van der Waals surface area contributed by atoms with Crippen LogP contribution in [0.25, 0.3) is 0 Å². The number of likely N-dealkylation sites (N-methyl/N-ethyl adjacent to an activating group) is 1. The summed E-state index contributed by atoms with van der Waals surface area (Å²) in [6, 6.07) is 4.97. The molecule has 0 radical (unpaired) electrons. The number of amides is 1. The lowest BCUT2D eigenvalue weighted by atomic mass is 10.1. The van der Waals surface area contributed by atoms with Crippen molar-refractivity contribution in [1.29, 1.82) is 0 Å². The molecule has 1 fully saturated rings. The van der Waals surface area contributed by atoms with Crippen LogP contribution >= 0.6 is 12.4 Å². The van der Waals surface area contributed by atoms with Gasteiger partial charge in [-0.25, -0.2) is 4.39 Å². The van der Waals surface area contributed by atoms with Gasteiger partial charge in [-0.15, -0.1) is 12.4 Å². The third kappa shape index (κ3) is 3.00. The Hall–Kier alpha value is -1.13. The van der Waals surface area contributed by atoms with Crippen molar-refractivity contribution >= 4 is 18.3 Å². The molecule has 1 unspecified atom stereocenters. The molecule has 5 heteroatoms. The van der Waals surface area contributed by atoms with Crippen molar-refractivity contribution in [3.8, 4) is 0 Å². The second-order valence-corrected chi connectivity index (χ2v) is 4.51. The molecule has 18 heavy (non-hydrogen) atoms. The maximum Gasteiger partial charge on any atom is 0.256 e. The average Bonchev–Trinajstić information content (AvgIpc) is 2.80. The predicted octanol–water partition coefficient (Wildman–Crippen LogP) is 1.99. The first-order valence-electron chi connectivity index (χ1n) is 5.84. The summed E-state index contributed by atoms with van der Waals surface area (Å²) in [4.78, 5) is 13.8. The van der Waals surface area contributed by atoms with E-state index in [1.165, 1.54) is 6.07 Å². The second kappa shape index (κ2) is 6.16. The summed E-state index contributed by atoms with van der Waals surface area (Å²) in [5.74, 6) is -0.641. The topological polar surface area (TPSA) is 32.3 Å². The molecule has 1 N–H and O–H groups in total. The maximum atomic E-state index is 13.6. The van der Waals surface area contributed by atoms with Gasteiger partial charge in [0.25, 0.3) is 5.91 Å². The van der Waals surface area contributed by atoms with Crippen LogP contribution in [-0.4, -0.2) is 37.0 Å². The van der Waals surface area contributed by atoms with Crippen LogP contribution in [0, 0.1) is 12.7 Å². The first kappa shape index (κ1) is 14.9. The number of carbonyl (C=O) groups excluding carboxylic acids is 1. The standard InChI is InChI=1S/C13H17FN2O.ClH/c1-9-3-4-12(14)11(7-9)13(17)16-6-5-10(8-16)15-2;/h3-4,7,10,15H,5-6,8H2,1-2H3;1H. The van der Waals surface area contributed by atoms with Crippen LogP contribution in [0.2, 0.25) is 0 Å². The number of halogens is 2. The molecule has 0 aliphatic carbocycles. The number of carbonyl (C=O) groups is 1. The Morgan fingerprint density at radius 2 is 2.22 bits per heavy atom. The lowest BCUT2D eigenvalue weighted by molar-refractivity contribution is 0.0785. The van der Waals surface area contributed by atoms with Gasteiger partial charge in [0, 0.05) is 19.1 Å². The summed E-state index contributed by atoms with van der Waals surface area (Å²) < 4.78 is 13.6. The lowest BCUT2D eigenvalue weighted by Gasteiger charge is -2.17. The van der Waals surface area contributed by atoms with E-state index >= 15 is 0 Å². The van der Waals surface area contributed by atoms with Crippen molar-refractivity contribution in [3.63, 3.8) is 0 Å². The van der Waals surface area contributed by atoms with Gasteiger partial charge in [-0.2, -0.15) is 0 Å². The number of nitrogens with zero attached hydrogens (tertiary/aromatic N) is 1. The van der Waals surface area contributed by atoms with Crippen molar-refractivity contribution in [3.05, 3.63) is 35.1 Å². The smallest absolute Gasteiger partial charge is 0.256 e. The summed E-state index contributed by atoms with van der Waals surface area (Å²) in [5, 5.41) is 3.14. The van der Waals surface area contributed by atoms with Gasteiger partial charge in [-0.1, -0.05) is 11.6 Å². The van der Waals surface area contributed by atoms with Gasteiger partial charge in [0.2, 0.25) is 0 Å². The molecular formula is C13H18ClFN2O.